The van der Waals surface area contributed by atoms with Gasteiger partial charge in [0.15, 0.2) is 0 Å². The van der Waals surface area contributed by atoms with Crippen molar-refractivity contribution in [1.82, 2.24) is 5.32 Å². The lowest BCUT2D eigenvalue weighted by Gasteiger charge is -2.29. The van der Waals surface area contributed by atoms with E-state index in [9.17, 15) is 4.79 Å². The van der Waals surface area contributed by atoms with Crippen molar-refractivity contribution < 1.29 is 9.53 Å². The van der Waals surface area contributed by atoms with E-state index in [1.807, 2.05) is 0 Å². The largest absolute Gasteiger partial charge is 0.385 e. The van der Waals surface area contributed by atoms with Gasteiger partial charge in [-0.25, -0.2) is 0 Å². The van der Waals surface area contributed by atoms with Crippen molar-refractivity contribution in [2.45, 2.75) is 19.4 Å². The molecule has 1 aliphatic rings. The molecule has 6 N–H and O–H groups in total. The number of nitrogens with one attached hydrogen (secondary N) is 2. The Kier molecular flexibility index (Phi) is 4.30. The Labute approximate surface area is 94.5 Å². The van der Waals surface area contributed by atoms with Crippen LogP contribution < -0.4 is 16.8 Å². The van der Waals surface area contributed by atoms with E-state index in [1.54, 1.807) is 0 Å². The Morgan fingerprint density at radius 3 is 2.75 bits per heavy atom. The van der Waals surface area contributed by atoms with Crippen molar-refractivity contribution in [3.8, 4) is 0 Å². The number of hydrogen-bond acceptors (Lipinski definition) is 4. The fourth-order valence-corrected chi connectivity index (χ4v) is 1.53. The minimum Gasteiger partial charge on any atom is -0.385 e. The highest BCUT2D eigenvalue weighted by Crippen LogP contribution is 2.14. The summed E-state index contributed by atoms with van der Waals surface area (Å²) in [6.07, 6.45) is 2.37. The number of rotatable bonds is 4. The second-order valence-corrected chi connectivity index (χ2v) is 3.95. The lowest BCUT2D eigenvalue weighted by atomic mass is 9.97. The highest BCUT2D eigenvalue weighted by molar-refractivity contribution is 6.18. The Hall–Kier alpha value is -1.56. The van der Waals surface area contributed by atoms with Gasteiger partial charge in [0.05, 0.1) is 18.2 Å². The SMILES string of the molecule is C[C@H]1CCOCC1N/C=C(\C(=N)N)C(N)=O. The van der Waals surface area contributed by atoms with Crippen molar-refractivity contribution in [1.29, 1.82) is 5.41 Å². The average Bonchev–Trinajstić information content (AvgIpc) is 2.20. The molecule has 1 saturated heterocycles. The van der Waals surface area contributed by atoms with Crippen LogP contribution >= 0.6 is 0 Å². The number of amides is 1. The summed E-state index contributed by atoms with van der Waals surface area (Å²) in [5, 5.41) is 10.2. The third kappa shape index (κ3) is 3.23. The van der Waals surface area contributed by atoms with Crippen molar-refractivity contribution in [2.75, 3.05) is 13.2 Å². The maximum atomic E-state index is 11.0. The summed E-state index contributed by atoms with van der Waals surface area (Å²) in [4.78, 5) is 11.0. The molecule has 1 amide bonds. The molecule has 1 heterocycles. The monoisotopic (exact) mass is 226 g/mol. The molecule has 1 aliphatic heterocycles. The first kappa shape index (κ1) is 12.5. The Morgan fingerprint density at radius 2 is 2.25 bits per heavy atom. The molecule has 0 aliphatic carbocycles. The van der Waals surface area contributed by atoms with E-state index in [1.165, 1.54) is 6.20 Å². The first-order chi connectivity index (χ1) is 7.52. The summed E-state index contributed by atoms with van der Waals surface area (Å²) in [5.74, 6) is -0.583. The average molecular weight is 226 g/mol. The lowest BCUT2D eigenvalue weighted by Crippen LogP contribution is -2.41. The second-order valence-electron chi connectivity index (χ2n) is 3.95. The van der Waals surface area contributed by atoms with Gasteiger partial charge in [-0.2, -0.15) is 0 Å². The summed E-state index contributed by atoms with van der Waals surface area (Å²) in [5.41, 5.74) is 10.3. The normalized spacial score (nSPS) is 26.2. The summed E-state index contributed by atoms with van der Waals surface area (Å²) in [6.45, 7) is 3.45. The Balaban J connectivity index is 2.61. The van der Waals surface area contributed by atoms with E-state index in [4.69, 9.17) is 21.6 Å². The molecule has 0 aromatic carbocycles. The Bertz CT molecular complexity index is 298. The van der Waals surface area contributed by atoms with E-state index in [-0.39, 0.29) is 17.5 Å². The van der Waals surface area contributed by atoms with Crippen molar-refractivity contribution >= 4 is 11.7 Å². The molecule has 6 heteroatoms. The fourth-order valence-electron chi connectivity index (χ4n) is 1.53. The van der Waals surface area contributed by atoms with Gasteiger partial charge >= 0.3 is 0 Å². The zero-order chi connectivity index (χ0) is 12.1. The van der Waals surface area contributed by atoms with Gasteiger partial charge in [0.2, 0.25) is 0 Å². The summed E-state index contributed by atoms with van der Waals surface area (Å²) in [6, 6.07) is 0.127. The molecular formula is C10H18N4O2. The van der Waals surface area contributed by atoms with Crippen LogP contribution in [0.3, 0.4) is 0 Å². The van der Waals surface area contributed by atoms with Crippen LogP contribution in [0.2, 0.25) is 0 Å². The van der Waals surface area contributed by atoms with Crippen LogP contribution in [-0.4, -0.2) is 31.0 Å². The predicted octanol–water partition coefficient (Wildman–Crippen LogP) is -0.694. The topological polar surface area (TPSA) is 114 Å². The van der Waals surface area contributed by atoms with Gasteiger partial charge in [0, 0.05) is 12.8 Å². The minimum atomic E-state index is -0.704. The molecule has 6 nitrogen and oxygen atoms in total. The molecule has 16 heavy (non-hydrogen) atoms. The van der Waals surface area contributed by atoms with E-state index < -0.39 is 5.91 Å². The smallest absolute Gasteiger partial charge is 0.253 e. The van der Waals surface area contributed by atoms with E-state index >= 15 is 0 Å². The van der Waals surface area contributed by atoms with Gasteiger partial charge in [-0.15, -0.1) is 0 Å². The van der Waals surface area contributed by atoms with Crippen molar-refractivity contribution in [3.05, 3.63) is 11.8 Å². The standard InChI is InChI=1S/C10H18N4O2/c1-6-2-3-16-5-8(6)14-4-7(9(11)12)10(13)15/h4,6,8,14H,2-3,5H2,1H3,(H3,11,12)(H2,13,15)/b7-4+/t6-,8?/m0/s1. The maximum absolute atomic E-state index is 11.0. The van der Waals surface area contributed by atoms with Crippen LogP contribution in [-0.2, 0) is 9.53 Å². The second kappa shape index (κ2) is 5.50. The molecule has 1 rings (SSSR count). The van der Waals surface area contributed by atoms with Gasteiger partial charge in [0.1, 0.15) is 5.84 Å². The molecule has 1 fully saturated rings. The molecule has 90 valence electrons. The molecule has 0 spiro atoms. The van der Waals surface area contributed by atoms with Gasteiger partial charge in [-0.1, -0.05) is 6.92 Å². The van der Waals surface area contributed by atoms with Crippen LogP contribution in [0.25, 0.3) is 0 Å². The maximum Gasteiger partial charge on any atom is 0.253 e. The van der Waals surface area contributed by atoms with Crippen LogP contribution in [0.1, 0.15) is 13.3 Å². The quantitative estimate of drug-likeness (QED) is 0.288. The van der Waals surface area contributed by atoms with E-state index in [2.05, 4.69) is 12.2 Å². The van der Waals surface area contributed by atoms with Crippen molar-refractivity contribution in [2.24, 2.45) is 17.4 Å². The zero-order valence-electron chi connectivity index (χ0n) is 9.32. The molecule has 0 aromatic heterocycles. The number of carbonyl (C=O) groups is 1. The van der Waals surface area contributed by atoms with Crippen LogP contribution in [0, 0.1) is 11.3 Å². The van der Waals surface area contributed by atoms with E-state index in [0.29, 0.717) is 12.5 Å². The first-order valence-electron chi connectivity index (χ1n) is 5.20. The summed E-state index contributed by atoms with van der Waals surface area (Å²) in [7, 11) is 0. The number of hydrogen-bond donors (Lipinski definition) is 4. The predicted molar refractivity (Wildman–Crippen MR) is 60.7 cm³/mol. The number of nitrogens with two attached hydrogens (primary N) is 2. The van der Waals surface area contributed by atoms with Crippen LogP contribution in [0.4, 0.5) is 0 Å². The molecule has 0 saturated carbocycles. The van der Waals surface area contributed by atoms with Crippen LogP contribution in [0.5, 0.6) is 0 Å². The molecule has 0 aromatic rings. The molecule has 2 atom stereocenters. The summed E-state index contributed by atoms with van der Waals surface area (Å²) >= 11 is 0. The lowest BCUT2D eigenvalue weighted by molar-refractivity contribution is -0.114. The third-order valence-electron chi connectivity index (χ3n) is 2.70. The number of amidine groups is 1. The van der Waals surface area contributed by atoms with Crippen molar-refractivity contribution in [3.63, 3.8) is 0 Å². The zero-order valence-corrected chi connectivity index (χ0v) is 9.32. The molecule has 0 radical (unpaired) electrons. The highest BCUT2D eigenvalue weighted by atomic mass is 16.5. The fraction of sp³-hybridized carbons (Fsp3) is 0.600. The van der Waals surface area contributed by atoms with Crippen LogP contribution in [0.15, 0.2) is 11.8 Å². The summed E-state index contributed by atoms with van der Waals surface area (Å²) < 4.78 is 5.31. The Morgan fingerprint density at radius 1 is 1.56 bits per heavy atom. The van der Waals surface area contributed by atoms with Gasteiger partial charge in [-0.05, 0) is 12.3 Å². The molecule has 1 unspecified atom stereocenters. The molecular weight excluding hydrogens is 208 g/mol. The number of ether oxygens (including phenoxy) is 1. The van der Waals surface area contributed by atoms with Gasteiger partial charge < -0.3 is 21.5 Å². The third-order valence-corrected chi connectivity index (χ3v) is 2.70. The number of carbonyl (C=O) groups excluding carboxylic acids is 1. The minimum absolute atomic E-state index is 0.00206. The van der Waals surface area contributed by atoms with Gasteiger partial charge in [-0.3, -0.25) is 10.2 Å². The highest BCUT2D eigenvalue weighted by Gasteiger charge is 2.21. The number of primary amides is 1. The van der Waals surface area contributed by atoms with Gasteiger partial charge in [0.25, 0.3) is 5.91 Å². The first-order valence-corrected chi connectivity index (χ1v) is 5.20. The molecule has 0 bridgehead atoms. The van der Waals surface area contributed by atoms with E-state index in [0.717, 1.165) is 13.0 Å².